The third kappa shape index (κ3) is 3.21. The lowest BCUT2D eigenvalue weighted by Gasteiger charge is -2.17. The Morgan fingerprint density at radius 1 is 1.50 bits per heavy atom. The standard InChI is InChI=1S/C11H15BrOS/c1-7(2)9(6-8(3)13)10-4-5-11(12)14-10/h4-5,7,9H,6H2,1-3H3. The first-order chi connectivity index (χ1) is 6.50. The second-order valence-electron chi connectivity index (χ2n) is 3.90. The Morgan fingerprint density at radius 2 is 2.14 bits per heavy atom. The molecule has 1 unspecified atom stereocenters. The van der Waals surface area contributed by atoms with E-state index in [1.54, 1.807) is 18.3 Å². The van der Waals surface area contributed by atoms with Crippen molar-refractivity contribution in [2.24, 2.45) is 5.92 Å². The van der Waals surface area contributed by atoms with Gasteiger partial charge in [-0.15, -0.1) is 11.3 Å². The van der Waals surface area contributed by atoms with Crippen molar-refractivity contribution in [1.82, 2.24) is 0 Å². The molecule has 0 aliphatic carbocycles. The van der Waals surface area contributed by atoms with Gasteiger partial charge in [0.05, 0.1) is 3.79 Å². The lowest BCUT2D eigenvalue weighted by atomic mass is 9.90. The number of hydrogen-bond donors (Lipinski definition) is 0. The SMILES string of the molecule is CC(=O)CC(c1ccc(Br)s1)C(C)C. The summed E-state index contributed by atoms with van der Waals surface area (Å²) in [5.41, 5.74) is 0. The number of thiophene rings is 1. The zero-order valence-electron chi connectivity index (χ0n) is 8.71. The molecule has 14 heavy (non-hydrogen) atoms. The lowest BCUT2D eigenvalue weighted by Crippen LogP contribution is -2.09. The third-order valence-corrected chi connectivity index (χ3v) is 4.03. The maximum atomic E-state index is 11.1. The van der Waals surface area contributed by atoms with Gasteiger partial charge in [-0.1, -0.05) is 13.8 Å². The molecule has 1 aromatic rings. The van der Waals surface area contributed by atoms with Crippen LogP contribution in [0.2, 0.25) is 0 Å². The van der Waals surface area contributed by atoms with E-state index in [9.17, 15) is 4.79 Å². The molecule has 0 aromatic carbocycles. The minimum atomic E-state index is 0.272. The number of carbonyl (C=O) groups excluding carboxylic acids is 1. The Kier molecular flexibility index (Phi) is 4.32. The van der Waals surface area contributed by atoms with Gasteiger partial charge < -0.3 is 4.79 Å². The highest BCUT2D eigenvalue weighted by Crippen LogP contribution is 2.35. The van der Waals surface area contributed by atoms with Gasteiger partial charge in [-0.2, -0.15) is 0 Å². The topological polar surface area (TPSA) is 17.1 Å². The van der Waals surface area contributed by atoms with Gasteiger partial charge in [0.15, 0.2) is 0 Å². The number of carbonyl (C=O) groups is 1. The molecule has 1 nitrogen and oxygen atoms in total. The Hall–Kier alpha value is -0.150. The van der Waals surface area contributed by atoms with Crippen molar-refractivity contribution < 1.29 is 4.79 Å². The zero-order valence-corrected chi connectivity index (χ0v) is 11.1. The van der Waals surface area contributed by atoms with E-state index in [-0.39, 0.29) is 5.78 Å². The first-order valence-corrected chi connectivity index (χ1v) is 6.36. The van der Waals surface area contributed by atoms with Crippen LogP contribution in [0.5, 0.6) is 0 Å². The summed E-state index contributed by atoms with van der Waals surface area (Å²) in [4.78, 5) is 12.4. The van der Waals surface area contributed by atoms with E-state index in [4.69, 9.17) is 0 Å². The van der Waals surface area contributed by atoms with E-state index in [0.717, 1.165) is 3.79 Å². The van der Waals surface area contributed by atoms with E-state index < -0.39 is 0 Å². The number of Topliss-reactive ketones (excluding diaryl/α,β-unsaturated/α-hetero) is 1. The van der Waals surface area contributed by atoms with Crippen molar-refractivity contribution in [3.8, 4) is 0 Å². The van der Waals surface area contributed by atoms with Crippen LogP contribution in [0.1, 0.15) is 38.0 Å². The van der Waals surface area contributed by atoms with Gasteiger partial charge in [0.25, 0.3) is 0 Å². The molecule has 0 radical (unpaired) electrons. The summed E-state index contributed by atoms with van der Waals surface area (Å²) in [5.74, 6) is 1.17. The van der Waals surface area contributed by atoms with Gasteiger partial charge in [0.1, 0.15) is 5.78 Å². The smallest absolute Gasteiger partial charge is 0.130 e. The van der Waals surface area contributed by atoms with Crippen molar-refractivity contribution in [2.45, 2.75) is 33.1 Å². The first-order valence-electron chi connectivity index (χ1n) is 4.75. The van der Waals surface area contributed by atoms with E-state index >= 15 is 0 Å². The average Bonchev–Trinajstić information content (AvgIpc) is 2.46. The minimum absolute atomic E-state index is 0.272. The maximum absolute atomic E-state index is 11.1. The highest BCUT2D eigenvalue weighted by atomic mass is 79.9. The molecule has 0 saturated heterocycles. The quantitative estimate of drug-likeness (QED) is 0.803. The van der Waals surface area contributed by atoms with Crippen LogP contribution in [-0.4, -0.2) is 5.78 Å². The summed E-state index contributed by atoms with van der Waals surface area (Å²) < 4.78 is 1.14. The monoisotopic (exact) mass is 274 g/mol. The summed E-state index contributed by atoms with van der Waals surface area (Å²) >= 11 is 5.18. The van der Waals surface area contributed by atoms with Crippen LogP contribution < -0.4 is 0 Å². The molecule has 1 heterocycles. The predicted molar refractivity (Wildman–Crippen MR) is 64.9 cm³/mol. The molecule has 0 fully saturated rings. The summed E-state index contributed by atoms with van der Waals surface area (Å²) in [6.45, 7) is 6.00. The predicted octanol–water partition coefficient (Wildman–Crippen LogP) is 4.23. The Bertz CT molecular complexity index is 317. The first kappa shape index (κ1) is 11.9. The van der Waals surface area contributed by atoms with Gasteiger partial charge in [-0.05, 0) is 40.9 Å². The highest BCUT2D eigenvalue weighted by Gasteiger charge is 2.19. The summed E-state index contributed by atoms with van der Waals surface area (Å²) in [5, 5.41) is 0. The van der Waals surface area contributed by atoms with Crippen LogP contribution >= 0.6 is 27.3 Å². The molecular weight excluding hydrogens is 260 g/mol. The van der Waals surface area contributed by atoms with Crippen molar-refractivity contribution in [1.29, 1.82) is 0 Å². The fraction of sp³-hybridized carbons (Fsp3) is 0.545. The zero-order chi connectivity index (χ0) is 10.7. The van der Waals surface area contributed by atoms with Gasteiger partial charge in [0, 0.05) is 17.2 Å². The van der Waals surface area contributed by atoms with Gasteiger partial charge in [-0.25, -0.2) is 0 Å². The average molecular weight is 275 g/mol. The minimum Gasteiger partial charge on any atom is -0.300 e. The van der Waals surface area contributed by atoms with Crippen LogP contribution in [0, 0.1) is 5.92 Å². The van der Waals surface area contributed by atoms with Crippen LogP contribution in [0.3, 0.4) is 0 Å². The Balaban J connectivity index is 2.82. The molecular formula is C11H15BrOS. The molecule has 78 valence electrons. The summed E-state index contributed by atoms with van der Waals surface area (Å²) in [6.07, 6.45) is 0.657. The highest BCUT2D eigenvalue weighted by molar-refractivity contribution is 9.11. The molecule has 0 aliphatic heterocycles. The van der Waals surface area contributed by atoms with Crippen LogP contribution in [-0.2, 0) is 4.79 Å². The van der Waals surface area contributed by atoms with Crippen molar-refractivity contribution in [2.75, 3.05) is 0 Å². The molecule has 0 saturated carbocycles. The number of hydrogen-bond acceptors (Lipinski definition) is 2. The molecule has 0 N–H and O–H groups in total. The summed E-state index contributed by atoms with van der Waals surface area (Å²) in [7, 11) is 0. The van der Waals surface area contributed by atoms with E-state index in [2.05, 4.69) is 41.9 Å². The fourth-order valence-electron chi connectivity index (χ4n) is 1.50. The van der Waals surface area contributed by atoms with Crippen LogP contribution in [0.15, 0.2) is 15.9 Å². The third-order valence-electron chi connectivity index (χ3n) is 2.27. The van der Waals surface area contributed by atoms with Gasteiger partial charge >= 0.3 is 0 Å². The van der Waals surface area contributed by atoms with E-state index in [1.165, 1.54) is 4.88 Å². The van der Waals surface area contributed by atoms with E-state index in [1.807, 2.05) is 0 Å². The number of ketones is 1. The largest absolute Gasteiger partial charge is 0.300 e. The van der Waals surface area contributed by atoms with Crippen molar-refractivity contribution in [3.05, 3.63) is 20.8 Å². The molecule has 1 atom stereocenters. The molecule has 3 heteroatoms. The van der Waals surface area contributed by atoms with Crippen LogP contribution in [0.4, 0.5) is 0 Å². The molecule has 1 rings (SSSR count). The molecule has 0 spiro atoms. The molecule has 0 aliphatic rings. The van der Waals surface area contributed by atoms with Crippen molar-refractivity contribution >= 4 is 33.0 Å². The lowest BCUT2D eigenvalue weighted by molar-refractivity contribution is -0.117. The second kappa shape index (κ2) is 5.08. The van der Waals surface area contributed by atoms with E-state index in [0.29, 0.717) is 18.3 Å². The van der Waals surface area contributed by atoms with Gasteiger partial charge in [0.2, 0.25) is 0 Å². The number of halogens is 1. The van der Waals surface area contributed by atoms with Crippen LogP contribution in [0.25, 0.3) is 0 Å². The molecule has 1 aromatic heterocycles. The second-order valence-corrected chi connectivity index (χ2v) is 6.39. The normalized spacial score (nSPS) is 13.2. The molecule has 0 amide bonds. The number of rotatable bonds is 4. The maximum Gasteiger partial charge on any atom is 0.130 e. The van der Waals surface area contributed by atoms with Crippen molar-refractivity contribution in [3.63, 3.8) is 0 Å². The van der Waals surface area contributed by atoms with Gasteiger partial charge in [-0.3, -0.25) is 0 Å². The Morgan fingerprint density at radius 3 is 2.50 bits per heavy atom. The molecule has 0 bridgehead atoms. The Labute approximate surface area is 97.7 Å². The summed E-state index contributed by atoms with van der Waals surface area (Å²) in [6, 6.07) is 4.16. The fourth-order valence-corrected chi connectivity index (χ4v) is 3.20.